The average Bonchev–Trinajstić information content (AvgIpc) is 2.35. The summed E-state index contributed by atoms with van der Waals surface area (Å²) >= 11 is 0. The minimum absolute atomic E-state index is 0.0231. The Morgan fingerprint density at radius 1 is 1.44 bits per heavy atom. The summed E-state index contributed by atoms with van der Waals surface area (Å²) in [7, 11) is 1.56. The maximum absolute atomic E-state index is 11.0. The van der Waals surface area contributed by atoms with E-state index >= 15 is 0 Å². The molecule has 0 saturated carbocycles. The molecular weight excluding hydrogens is 236 g/mol. The van der Waals surface area contributed by atoms with Gasteiger partial charge in [-0.3, -0.25) is 4.79 Å². The molecule has 1 amide bonds. The number of anilines is 1. The zero-order chi connectivity index (χ0) is 13.5. The van der Waals surface area contributed by atoms with Gasteiger partial charge in [0.05, 0.1) is 12.3 Å². The van der Waals surface area contributed by atoms with Crippen molar-refractivity contribution in [3.63, 3.8) is 0 Å². The smallest absolute Gasteiger partial charge is 0.339 e. The number of amides is 1. The Labute approximate surface area is 105 Å². The standard InChI is InChI=1S/C12H16N2O4/c1-14-10(15)6-3-7-18-11-8(12(16)17)4-2-5-9(11)13/h2,4-5H,3,6-7,13H2,1H3,(H,14,15)(H,16,17). The number of carbonyl (C=O) groups excluding carboxylic acids is 1. The molecule has 0 heterocycles. The Morgan fingerprint density at radius 2 is 2.17 bits per heavy atom. The van der Waals surface area contributed by atoms with Gasteiger partial charge in [0, 0.05) is 13.5 Å². The fourth-order valence-electron chi connectivity index (χ4n) is 1.42. The molecule has 1 aromatic rings. The van der Waals surface area contributed by atoms with E-state index in [1.165, 1.54) is 6.07 Å². The molecule has 18 heavy (non-hydrogen) atoms. The van der Waals surface area contributed by atoms with Gasteiger partial charge in [-0.15, -0.1) is 0 Å². The van der Waals surface area contributed by atoms with E-state index in [0.717, 1.165) is 0 Å². The molecule has 6 nitrogen and oxygen atoms in total. The van der Waals surface area contributed by atoms with Crippen LogP contribution >= 0.6 is 0 Å². The molecule has 4 N–H and O–H groups in total. The van der Waals surface area contributed by atoms with Crippen molar-refractivity contribution in [3.8, 4) is 5.75 Å². The van der Waals surface area contributed by atoms with Crippen LogP contribution < -0.4 is 15.8 Å². The Hall–Kier alpha value is -2.24. The van der Waals surface area contributed by atoms with Crippen molar-refractivity contribution >= 4 is 17.6 Å². The molecule has 0 atom stereocenters. The minimum atomic E-state index is -1.09. The number of rotatable bonds is 6. The maximum Gasteiger partial charge on any atom is 0.339 e. The number of nitrogens with one attached hydrogen (secondary N) is 1. The maximum atomic E-state index is 11.0. The molecule has 98 valence electrons. The number of benzene rings is 1. The highest BCUT2D eigenvalue weighted by molar-refractivity contribution is 5.93. The zero-order valence-electron chi connectivity index (χ0n) is 10.1. The zero-order valence-corrected chi connectivity index (χ0v) is 10.1. The van der Waals surface area contributed by atoms with Gasteiger partial charge in [0.1, 0.15) is 5.56 Å². The molecule has 1 rings (SSSR count). The Morgan fingerprint density at radius 3 is 2.78 bits per heavy atom. The van der Waals surface area contributed by atoms with Crippen molar-refractivity contribution in [3.05, 3.63) is 23.8 Å². The Kier molecular flexibility index (Phi) is 4.98. The van der Waals surface area contributed by atoms with Crippen molar-refractivity contribution in [2.75, 3.05) is 19.4 Å². The van der Waals surface area contributed by atoms with E-state index < -0.39 is 5.97 Å². The van der Waals surface area contributed by atoms with Gasteiger partial charge < -0.3 is 20.9 Å². The fourth-order valence-corrected chi connectivity index (χ4v) is 1.42. The molecule has 0 fully saturated rings. The molecule has 0 saturated heterocycles. The largest absolute Gasteiger partial charge is 0.491 e. The van der Waals surface area contributed by atoms with E-state index in [2.05, 4.69) is 5.32 Å². The van der Waals surface area contributed by atoms with Gasteiger partial charge in [-0.25, -0.2) is 4.79 Å². The van der Waals surface area contributed by atoms with Crippen molar-refractivity contribution in [1.82, 2.24) is 5.32 Å². The number of hydrogen-bond acceptors (Lipinski definition) is 4. The second kappa shape index (κ2) is 6.48. The first-order chi connectivity index (χ1) is 8.56. The van der Waals surface area contributed by atoms with Gasteiger partial charge in [0.2, 0.25) is 5.91 Å². The van der Waals surface area contributed by atoms with E-state index in [1.54, 1.807) is 19.2 Å². The number of para-hydroxylation sites is 1. The van der Waals surface area contributed by atoms with Crippen molar-refractivity contribution < 1.29 is 19.4 Å². The number of carboxylic acids is 1. The van der Waals surface area contributed by atoms with E-state index in [4.69, 9.17) is 15.6 Å². The summed E-state index contributed by atoms with van der Waals surface area (Å²) in [6.45, 7) is 0.238. The van der Waals surface area contributed by atoms with Crippen LogP contribution in [0.15, 0.2) is 18.2 Å². The molecule has 1 aromatic carbocycles. The summed E-state index contributed by atoms with van der Waals surface area (Å²) in [5.74, 6) is -1.02. The molecule has 0 unspecified atom stereocenters. The lowest BCUT2D eigenvalue weighted by molar-refractivity contribution is -0.120. The number of carboxylic acid groups (broad SMARTS) is 1. The second-order valence-corrected chi connectivity index (χ2v) is 3.65. The van der Waals surface area contributed by atoms with Crippen LogP contribution in [0, 0.1) is 0 Å². The van der Waals surface area contributed by atoms with E-state index in [1.807, 2.05) is 0 Å². The van der Waals surface area contributed by atoms with Gasteiger partial charge >= 0.3 is 5.97 Å². The molecule has 0 aliphatic heterocycles. The lowest BCUT2D eigenvalue weighted by atomic mass is 10.2. The van der Waals surface area contributed by atoms with Crippen LogP contribution in [0.5, 0.6) is 5.75 Å². The summed E-state index contributed by atoms with van der Waals surface area (Å²) in [5, 5.41) is 11.5. The summed E-state index contributed by atoms with van der Waals surface area (Å²) in [6, 6.07) is 4.55. The van der Waals surface area contributed by atoms with Crippen LogP contribution in [-0.2, 0) is 4.79 Å². The number of nitrogen functional groups attached to an aromatic ring is 1. The average molecular weight is 252 g/mol. The normalized spacial score (nSPS) is 9.83. The third-order valence-electron chi connectivity index (χ3n) is 2.35. The first kappa shape index (κ1) is 13.8. The summed E-state index contributed by atoms with van der Waals surface area (Å²) < 4.78 is 5.34. The topological polar surface area (TPSA) is 102 Å². The molecule has 0 bridgehead atoms. The fraction of sp³-hybridized carbons (Fsp3) is 0.333. The highest BCUT2D eigenvalue weighted by Gasteiger charge is 2.13. The third kappa shape index (κ3) is 3.65. The molecule has 0 aliphatic rings. The lowest BCUT2D eigenvalue weighted by Crippen LogP contribution is -2.18. The van der Waals surface area contributed by atoms with E-state index in [0.29, 0.717) is 12.8 Å². The van der Waals surface area contributed by atoms with Gasteiger partial charge in [-0.2, -0.15) is 0 Å². The van der Waals surface area contributed by atoms with Crippen LogP contribution in [0.4, 0.5) is 5.69 Å². The number of aromatic carboxylic acids is 1. The van der Waals surface area contributed by atoms with Crippen LogP contribution in [0.25, 0.3) is 0 Å². The SMILES string of the molecule is CNC(=O)CCCOc1c(N)cccc1C(=O)O. The Bertz CT molecular complexity index is 446. The second-order valence-electron chi connectivity index (χ2n) is 3.65. The molecule has 0 aliphatic carbocycles. The van der Waals surface area contributed by atoms with E-state index in [9.17, 15) is 9.59 Å². The van der Waals surface area contributed by atoms with Gasteiger partial charge in [0.15, 0.2) is 5.75 Å². The minimum Gasteiger partial charge on any atom is -0.491 e. The predicted octanol–water partition coefficient (Wildman–Crippen LogP) is 0.872. The van der Waals surface area contributed by atoms with Crippen LogP contribution in [0.2, 0.25) is 0 Å². The number of hydrogen-bond donors (Lipinski definition) is 3. The van der Waals surface area contributed by atoms with Crippen LogP contribution in [0.1, 0.15) is 23.2 Å². The number of ether oxygens (including phenoxy) is 1. The molecular formula is C12H16N2O4. The number of carbonyl (C=O) groups is 2. The monoisotopic (exact) mass is 252 g/mol. The van der Waals surface area contributed by atoms with E-state index in [-0.39, 0.29) is 29.5 Å². The van der Waals surface area contributed by atoms with Crippen molar-refractivity contribution in [2.24, 2.45) is 0 Å². The Balaban J connectivity index is 2.61. The summed E-state index contributed by atoms with van der Waals surface area (Å²) in [5.41, 5.74) is 5.96. The first-order valence-electron chi connectivity index (χ1n) is 5.51. The molecule has 0 aromatic heterocycles. The van der Waals surface area contributed by atoms with Gasteiger partial charge in [0.25, 0.3) is 0 Å². The molecule has 6 heteroatoms. The lowest BCUT2D eigenvalue weighted by Gasteiger charge is -2.11. The van der Waals surface area contributed by atoms with Crippen LogP contribution in [-0.4, -0.2) is 30.6 Å². The third-order valence-corrected chi connectivity index (χ3v) is 2.35. The summed E-state index contributed by atoms with van der Waals surface area (Å²) in [4.78, 5) is 21.9. The van der Waals surface area contributed by atoms with Gasteiger partial charge in [-0.05, 0) is 18.6 Å². The van der Waals surface area contributed by atoms with Crippen molar-refractivity contribution in [2.45, 2.75) is 12.8 Å². The number of nitrogens with two attached hydrogens (primary N) is 1. The quantitative estimate of drug-likeness (QED) is 0.515. The molecule has 0 radical (unpaired) electrons. The molecule has 0 spiro atoms. The highest BCUT2D eigenvalue weighted by Crippen LogP contribution is 2.26. The first-order valence-corrected chi connectivity index (χ1v) is 5.51. The van der Waals surface area contributed by atoms with Gasteiger partial charge in [-0.1, -0.05) is 6.07 Å². The summed E-state index contributed by atoms with van der Waals surface area (Å²) in [6.07, 6.45) is 0.818. The highest BCUT2D eigenvalue weighted by atomic mass is 16.5. The predicted molar refractivity (Wildman–Crippen MR) is 66.6 cm³/mol. The van der Waals surface area contributed by atoms with Crippen molar-refractivity contribution in [1.29, 1.82) is 0 Å². The van der Waals surface area contributed by atoms with Crippen LogP contribution in [0.3, 0.4) is 0 Å².